The third-order valence-corrected chi connectivity index (χ3v) is 5.06. The molecule has 0 spiro atoms. The highest BCUT2D eigenvalue weighted by molar-refractivity contribution is 5.77. The zero-order valence-electron chi connectivity index (χ0n) is 13.5. The number of carbonyl (C=O) groups is 1. The van der Waals surface area contributed by atoms with Crippen molar-refractivity contribution in [1.29, 1.82) is 0 Å². The van der Waals surface area contributed by atoms with E-state index in [0.717, 1.165) is 24.7 Å². The molecule has 122 valence electrons. The highest BCUT2D eigenvalue weighted by Crippen LogP contribution is 2.33. The molecule has 2 fully saturated rings. The highest BCUT2D eigenvalue weighted by Gasteiger charge is 2.38. The summed E-state index contributed by atoms with van der Waals surface area (Å²) < 4.78 is 5.34. The molecule has 0 aromatic carbocycles. The number of aryl methyl sites for hydroxylation is 1. The zero-order valence-corrected chi connectivity index (χ0v) is 13.5. The van der Waals surface area contributed by atoms with E-state index in [1.54, 1.807) is 7.11 Å². The number of aromatic nitrogens is 3. The number of rotatable bonds is 5. The molecule has 0 radical (unpaired) electrons. The Bertz CT molecular complexity index is 510. The topological polar surface area (TPSA) is 71.1 Å². The minimum atomic E-state index is 0.178. The molecule has 2 atom stereocenters. The smallest absolute Gasteiger partial charge is 0.222 e. The predicted molar refractivity (Wildman–Crippen MR) is 82.4 cm³/mol. The second kappa shape index (κ2) is 6.77. The minimum Gasteiger partial charge on any atom is -0.384 e. The maximum absolute atomic E-state index is 12.6. The fourth-order valence-electron chi connectivity index (χ4n) is 3.87. The van der Waals surface area contributed by atoms with Crippen molar-refractivity contribution in [2.24, 2.45) is 11.8 Å². The zero-order chi connectivity index (χ0) is 15.5. The fraction of sp³-hybridized carbons (Fsp3) is 0.812. The molecule has 2 aliphatic rings. The van der Waals surface area contributed by atoms with Crippen LogP contribution in [0, 0.1) is 18.8 Å². The van der Waals surface area contributed by atoms with Crippen molar-refractivity contribution < 1.29 is 9.53 Å². The number of likely N-dealkylation sites (tertiary alicyclic amines) is 1. The average Bonchev–Trinajstić information content (AvgIpc) is 3.20. The molecule has 1 aliphatic heterocycles. The first-order chi connectivity index (χ1) is 10.7. The molecule has 6 heteroatoms. The number of ether oxygens (including phenoxy) is 1. The Morgan fingerprint density at radius 2 is 2.14 bits per heavy atom. The van der Waals surface area contributed by atoms with Crippen LogP contribution in [-0.4, -0.2) is 52.8 Å². The largest absolute Gasteiger partial charge is 0.384 e. The fourth-order valence-corrected chi connectivity index (χ4v) is 3.87. The lowest BCUT2D eigenvalue weighted by molar-refractivity contribution is -0.131. The first-order valence-electron chi connectivity index (χ1n) is 8.33. The number of hydrogen-bond donors (Lipinski definition) is 1. The summed E-state index contributed by atoms with van der Waals surface area (Å²) in [5.74, 6) is 2.99. The lowest BCUT2D eigenvalue weighted by Crippen LogP contribution is -2.30. The van der Waals surface area contributed by atoms with Crippen molar-refractivity contribution >= 4 is 5.91 Å². The van der Waals surface area contributed by atoms with E-state index in [1.807, 2.05) is 11.8 Å². The van der Waals surface area contributed by atoms with Crippen molar-refractivity contribution in [2.45, 2.75) is 44.9 Å². The Hall–Kier alpha value is -1.43. The van der Waals surface area contributed by atoms with E-state index in [2.05, 4.69) is 15.2 Å². The number of methoxy groups -OCH3 is 1. The van der Waals surface area contributed by atoms with Gasteiger partial charge in [-0.3, -0.25) is 9.89 Å². The van der Waals surface area contributed by atoms with Crippen LogP contribution in [0.15, 0.2) is 0 Å². The van der Waals surface area contributed by atoms with Gasteiger partial charge in [0.05, 0.1) is 6.61 Å². The van der Waals surface area contributed by atoms with Gasteiger partial charge in [-0.15, -0.1) is 0 Å². The SMILES string of the molecule is COC[C@@H]1CN(C(=O)CC2CCCC2)C[C@H]1c1n[nH]c(C)n1. The maximum atomic E-state index is 12.6. The van der Waals surface area contributed by atoms with Crippen molar-refractivity contribution in [1.82, 2.24) is 20.1 Å². The number of amides is 1. The van der Waals surface area contributed by atoms with E-state index >= 15 is 0 Å². The second-order valence-electron chi connectivity index (χ2n) is 6.75. The summed E-state index contributed by atoms with van der Waals surface area (Å²) in [6.45, 7) is 4.03. The van der Waals surface area contributed by atoms with Crippen molar-refractivity contribution in [3.8, 4) is 0 Å². The van der Waals surface area contributed by atoms with Gasteiger partial charge in [-0.05, 0) is 25.7 Å². The molecule has 0 unspecified atom stereocenters. The quantitative estimate of drug-likeness (QED) is 0.901. The van der Waals surface area contributed by atoms with Crippen LogP contribution in [-0.2, 0) is 9.53 Å². The van der Waals surface area contributed by atoms with E-state index in [1.165, 1.54) is 25.7 Å². The van der Waals surface area contributed by atoms with Gasteiger partial charge in [-0.2, -0.15) is 5.10 Å². The molecular formula is C16H26N4O2. The monoisotopic (exact) mass is 306 g/mol. The molecule has 1 N–H and O–H groups in total. The van der Waals surface area contributed by atoms with Crippen LogP contribution in [0.3, 0.4) is 0 Å². The maximum Gasteiger partial charge on any atom is 0.222 e. The third-order valence-electron chi connectivity index (χ3n) is 5.06. The van der Waals surface area contributed by atoms with Gasteiger partial charge in [-0.25, -0.2) is 4.98 Å². The van der Waals surface area contributed by atoms with E-state index in [0.29, 0.717) is 24.9 Å². The molecule has 0 bridgehead atoms. The van der Waals surface area contributed by atoms with Gasteiger partial charge in [0.15, 0.2) is 5.82 Å². The first kappa shape index (κ1) is 15.5. The Kier molecular flexibility index (Phi) is 4.76. The highest BCUT2D eigenvalue weighted by atomic mass is 16.5. The standard InChI is InChI=1S/C16H26N4O2/c1-11-17-16(19-18-11)14-9-20(8-13(14)10-22-2)15(21)7-12-5-3-4-6-12/h12-14H,3-10H2,1-2H3,(H,17,18,19)/t13-,14+/m0/s1. The summed E-state index contributed by atoms with van der Waals surface area (Å²) in [6.07, 6.45) is 5.70. The van der Waals surface area contributed by atoms with Crippen LogP contribution in [0.25, 0.3) is 0 Å². The Balaban J connectivity index is 1.65. The predicted octanol–water partition coefficient (Wildman–Crippen LogP) is 1.88. The normalized spacial score (nSPS) is 26.0. The number of nitrogens with zero attached hydrogens (tertiary/aromatic N) is 3. The number of aromatic amines is 1. The van der Waals surface area contributed by atoms with Crippen molar-refractivity contribution in [3.63, 3.8) is 0 Å². The number of H-pyrrole nitrogens is 1. The summed E-state index contributed by atoms with van der Waals surface area (Å²) in [5, 5.41) is 7.20. The van der Waals surface area contributed by atoms with E-state index in [4.69, 9.17) is 4.74 Å². The Morgan fingerprint density at radius 3 is 2.77 bits per heavy atom. The van der Waals surface area contributed by atoms with Crippen LogP contribution in [0.4, 0.5) is 0 Å². The Morgan fingerprint density at radius 1 is 1.36 bits per heavy atom. The number of nitrogens with one attached hydrogen (secondary N) is 1. The summed E-state index contributed by atoms with van der Waals surface area (Å²) in [4.78, 5) is 19.0. The van der Waals surface area contributed by atoms with Gasteiger partial charge in [0.2, 0.25) is 5.91 Å². The lowest BCUT2D eigenvalue weighted by atomic mass is 9.96. The molecule has 1 saturated carbocycles. The first-order valence-corrected chi connectivity index (χ1v) is 8.33. The third kappa shape index (κ3) is 3.32. The molecule has 1 aromatic heterocycles. The van der Waals surface area contributed by atoms with Crippen LogP contribution in [0.5, 0.6) is 0 Å². The molecule has 1 aliphatic carbocycles. The Labute approximate surface area is 131 Å². The summed E-state index contributed by atoms with van der Waals surface area (Å²) in [7, 11) is 1.71. The summed E-state index contributed by atoms with van der Waals surface area (Å²) in [6, 6.07) is 0. The molecular weight excluding hydrogens is 280 g/mol. The van der Waals surface area contributed by atoms with Gasteiger partial charge in [0.25, 0.3) is 0 Å². The molecule has 1 amide bonds. The van der Waals surface area contributed by atoms with Crippen LogP contribution in [0.2, 0.25) is 0 Å². The van der Waals surface area contributed by atoms with Crippen molar-refractivity contribution in [3.05, 3.63) is 11.6 Å². The molecule has 22 heavy (non-hydrogen) atoms. The van der Waals surface area contributed by atoms with Crippen LogP contribution in [0.1, 0.15) is 49.7 Å². The molecule has 6 nitrogen and oxygen atoms in total. The van der Waals surface area contributed by atoms with Gasteiger partial charge in [0.1, 0.15) is 5.82 Å². The number of carbonyl (C=O) groups excluding carboxylic acids is 1. The molecule has 2 heterocycles. The molecule has 3 rings (SSSR count). The molecule has 1 saturated heterocycles. The van der Waals surface area contributed by atoms with Gasteiger partial charge in [0, 0.05) is 38.5 Å². The summed E-state index contributed by atoms with van der Waals surface area (Å²) >= 11 is 0. The van der Waals surface area contributed by atoms with Gasteiger partial charge >= 0.3 is 0 Å². The van der Waals surface area contributed by atoms with Crippen molar-refractivity contribution in [2.75, 3.05) is 26.8 Å². The number of hydrogen-bond acceptors (Lipinski definition) is 4. The second-order valence-corrected chi connectivity index (χ2v) is 6.75. The van der Waals surface area contributed by atoms with Gasteiger partial charge < -0.3 is 9.64 Å². The van der Waals surface area contributed by atoms with E-state index < -0.39 is 0 Å². The lowest BCUT2D eigenvalue weighted by Gasteiger charge is -2.18. The van der Waals surface area contributed by atoms with Gasteiger partial charge in [-0.1, -0.05) is 12.8 Å². The van der Waals surface area contributed by atoms with Crippen LogP contribution < -0.4 is 0 Å². The molecule has 1 aromatic rings. The average molecular weight is 306 g/mol. The minimum absolute atomic E-state index is 0.178. The van der Waals surface area contributed by atoms with Crippen LogP contribution >= 0.6 is 0 Å². The van der Waals surface area contributed by atoms with E-state index in [-0.39, 0.29) is 11.8 Å². The van der Waals surface area contributed by atoms with E-state index in [9.17, 15) is 4.79 Å². The summed E-state index contributed by atoms with van der Waals surface area (Å²) in [5.41, 5.74) is 0.